The average Bonchev–Trinajstić information content (AvgIpc) is 2.96. The highest BCUT2D eigenvalue weighted by Crippen LogP contribution is 2.39. The first-order valence-electron chi connectivity index (χ1n) is 7.46. The van der Waals surface area contributed by atoms with E-state index >= 15 is 0 Å². The first-order valence-corrected chi connectivity index (χ1v) is 8.68. The Hall–Kier alpha value is -1.36. The number of hydrogen-bond acceptors (Lipinski definition) is 4. The summed E-state index contributed by atoms with van der Waals surface area (Å²) in [4.78, 5) is 12.3. The van der Waals surface area contributed by atoms with Crippen molar-refractivity contribution in [3.8, 4) is 5.75 Å². The highest BCUT2D eigenvalue weighted by molar-refractivity contribution is 8.00. The van der Waals surface area contributed by atoms with Crippen LogP contribution in [0.5, 0.6) is 5.75 Å². The number of hydrogen-bond donors (Lipinski definition) is 2. The van der Waals surface area contributed by atoms with E-state index in [0.717, 1.165) is 6.54 Å². The molecule has 116 valence electrons. The fourth-order valence-electron chi connectivity index (χ4n) is 2.79. The van der Waals surface area contributed by atoms with Gasteiger partial charge in [-0.3, -0.25) is 4.79 Å². The molecule has 0 atom stereocenters. The number of carbonyl (C=O) groups excluding carboxylic acids is 1. The van der Waals surface area contributed by atoms with Crippen molar-refractivity contribution in [1.29, 1.82) is 0 Å². The lowest BCUT2D eigenvalue weighted by Crippen LogP contribution is -2.38. The second-order valence-electron chi connectivity index (χ2n) is 5.46. The van der Waals surface area contributed by atoms with Crippen molar-refractivity contribution in [2.75, 3.05) is 25.1 Å². The maximum Gasteiger partial charge on any atom is 0.251 e. The molecule has 21 heavy (non-hydrogen) atoms. The summed E-state index contributed by atoms with van der Waals surface area (Å²) in [5.41, 5.74) is 7.00. The van der Waals surface area contributed by atoms with Gasteiger partial charge in [-0.1, -0.05) is 12.8 Å². The number of nitrogens with one attached hydrogen (secondary N) is 1. The van der Waals surface area contributed by atoms with Gasteiger partial charge in [0.2, 0.25) is 0 Å². The summed E-state index contributed by atoms with van der Waals surface area (Å²) in [7, 11) is 0. The van der Waals surface area contributed by atoms with Gasteiger partial charge in [-0.15, -0.1) is 0 Å². The lowest BCUT2D eigenvalue weighted by Gasteiger charge is -2.26. The largest absolute Gasteiger partial charge is 0.492 e. The van der Waals surface area contributed by atoms with Crippen LogP contribution in [-0.2, 0) is 0 Å². The lowest BCUT2D eigenvalue weighted by atomic mass is 10.1. The molecule has 5 heteroatoms. The Bertz CT molecular complexity index is 499. The van der Waals surface area contributed by atoms with Crippen LogP contribution in [-0.4, -0.2) is 30.1 Å². The van der Waals surface area contributed by atoms with Gasteiger partial charge in [0.15, 0.2) is 0 Å². The molecular weight excluding hydrogens is 284 g/mol. The molecular formula is C16H24N2O2S. The Kier molecular flexibility index (Phi) is 5.39. The van der Waals surface area contributed by atoms with Gasteiger partial charge in [-0.05, 0) is 44.2 Å². The van der Waals surface area contributed by atoms with E-state index in [4.69, 9.17) is 10.5 Å². The molecule has 1 amide bonds. The Morgan fingerprint density at radius 3 is 2.71 bits per heavy atom. The SMILES string of the molecule is CCOc1ccc(C(=O)NCC2(SC)CCCC2)cc1N. The van der Waals surface area contributed by atoms with Crippen molar-refractivity contribution in [3.05, 3.63) is 23.8 Å². The van der Waals surface area contributed by atoms with Crippen molar-refractivity contribution in [1.82, 2.24) is 5.32 Å². The van der Waals surface area contributed by atoms with E-state index in [1.54, 1.807) is 18.2 Å². The molecule has 0 heterocycles. The van der Waals surface area contributed by atoms with Gasteiger partial charge in [0, 0.05) is 16.9 Å². The minimum absolute atomic E-state index is 0.0647. The highest BCUT2D eigenvalue weighted by atomic mass is 32.2. The maximum atomic E-state index is 12.3. The van der Waals surface area contributed by atoms with E-state index in [1.165, 1.54) is 25.7 Å². The number of amides is 1. The van der Waals surface area contributed by atoms with Crippen LogP contribution in [0.3, 0.4) is 0 Å². The number of nitrogens with two attached hydrogens (primary N) is 1. The van der Waals surface area contributed by atoms with Crippen LogP contribution in [0.2, 0.25) is 0 Å². The molecule has 1 aliphatic rings. The molecule has 0 radical (unpaired) electrons. The molecule has 0 unspecified atom stereocenters. The fourth-order valence-corrected chi connectivity index (χ4v) is 3.71. The monoisotopic (exact) mass is 308 g/mol. The normalized spacial score (nSPS) is 16.7. The highest BCUT2D eigenvalue weighted by Gasteiger charge is 2.33. The summed E-state index contributed by atoms with van der Waals surface area (Å²) >= 11 is 1.87. The van der Waals surface area contributed by atoms with Crippen LogP contribution in [0.25, 0.3) is 0 Å². The zero-order valence-corrected chi connectivity index (χ0v) is 13.6. The van der Waals surface area contributed by atoms with Crippen LogP contribution < -0.4 is 15.8 Å². The summed E-state index contributed by atoms with van der Waals surface area (Å²) in [6.45, 7) is 3.19. The first-order chi connectivity index (χ1) is 10.1. The molecule has 1 fully saturated rings. The van der Waals surface area contributed by atoms with E-state index in [9.17, 15) is 4.79 Å². The molecule has 0 aliphatic heterocycles. The number of rotatable bonds is 6. The molecule has 0 saturated heterocycles. The van der Waals surface area contributed by atoms with Crippen LogP contribution in [0, 0.1) is 0 Å². The van der Waals surface area contributed by atoms with Gasteiger partial charge in [0.25, 0.3) is 5.91 Å². The second-order valence-corrected chi connectivity index (χ2v) is 6.74. The standard InChI is InChI=1S/C16H24N2O2S/c1-3-20-14-7-6-12(10-13(14)17)15(19)18-11-16(21-2)8-4-5-9-16/h6-7,10H,3-5,8-9,11,17H2,1-2H3,(H,18,19). The fraction of sp³-hybridized carbons (Fsp3) is 0.562. The van der Waals surface area contributed by atoms with Crippen molar-refractivity contribution in [3.63, 3.8) is 0 Å². The Labute approximate surface area is 130 Å². The van der Waals surface area contributed by atoms with Crippen molar-refractivity contribution in [2.45, 2.75) is 37.4 Å². The molecule has 1 aromatic carbocycles. The number of carbonyl (C=O) groups is 1. The summed E-state index contributed by atoms with van der Waals surface area (Å²) < 4.78 is 5.60. The van der Waals surface area contributed by atoms with Crippen LogP contribution in [0.1, 0.15) is 43.0 Å². The molecule has 0 spiro atoms. The second kappa shape index (κ2) is 7.07. The number of ether oxygens (including phenoxy) is 1. The van der Waals surface area contributed by atoms with Crippen LogP contribution in [0.4, 0.5) is 5.69 Å². The minimum atomic E-state index is -0.0647. The molecule has 2 rings (SSSR count). The molecule has 4 nitrogen and oxygen atoms in total. The molecule has 0 aromatic heterocycles. The van der Waals surface area contributed by atoms with E-state index in [-0.39, 0.29) is 10.7 Å². The predicted molar refractivity (Wildman–Crippen MR) is 89.1 cm³/mol. The van der Waals surface area contributed by atoms with Crippen molar-refractivity contribution < 1.29 is 9.53 Å². The van der Waals surface area contributed by atoms with E-state index in [1.807, 2.05) is 18.7 Å². The number of anilines is 1. The summed E-state index contributed by atoms with van der Waals surface area (Å²) in [6.07, 6.45) is 7.01. The Morgan fingerprint density at radius 2 is 2.14 bits per heavy atom. The molecule has 1 aliphatic carbocycles. The quantitative estimate of drug-likeness (QED) is 0.793. The number of thioether (sulfide) groups is 1. The van der Waals surface area contributed by atoms with Gasteiger partial charge in [0.1, 0.15) is 5.75 Å². The number of benzene rings is 1. The third-order valence-electron chi connectivity index (χ3n) is 4.09. The van der Waals surface area contributed by atoms with Gasteiger partial charge in [-0.25, -0.2) is 0 Å². The van der Waals surface area contributed by atoms with Gasteiger partial charge in [0.05, 0.1) is 12.3 Å². The summed E-state index contributed by atoms with van der Waals surface area (Å²) in [5.74, 6) is 0.565. The van der Waals surface area contributed by atoms with Crippen LogP contribution >= 0.6 is 11.8 Å². The Balaban J connectivity index is 1.98. The zero-order valence-electron chi connectivity index (χ0n) is 12.8. The van der Waals surface area contributed by atoms with E-state index in [0.29, 0.717) is 23.6 Å². The molecule has 0 bridgehead atoms. The van der Waals surface area contributed by atoms with Gasteiger partial charge < -0.3 is 15.8 Å². The molecule has 3 N–H and O–H groups in total. The topological polar surface area (TPSA) is 64.3 Å². The average molecular weight is 308 g/mol. The van der Waals surface area contributed by atoms with Gasteiger partial charge >= 0.3 is 0 Å². The lowest BCUT2D eigenvalue weighted by molar-refractivity contribution is 0.0949. The van der Waals surface area contributed by atoms with E-state index < -0.39 is 0 Å². The maximum absolute atomic E-state index is 12.3. The predicted octanol–water partition coefficient (Wildman–Crippen LogP) is 3.07. The van der Waals surface area contributed by atoms with Crippen LogP contribution in [0.15, 0.2) is 18.2 Å². The minimum Gasteiger partial charge on any atom is -0.492 e. The third kappa shape index (κ3) is 3.84. The number of nitrogen functional groups attached to an aromatic ring is 1. The summed E-state index contributed by atoms with van der Waals surface area (Å²) in [5, 5.41) is 3.06. The zero-order chi connectivity index (χ0) is 15.3. The van der Waals surface area contributed by atoms with Gasteiger partial charge in [-0.2, -0.15) is 11.8 Å². The van der Waals surface area contributed by atoms with Crippen molar-refractivity contribution in [2.24, 2.45) is 0 Å². The summed E-state index contributed by atoms with van der Waals surface area (Å²) in [6, 6.07) is 5.20. The third-order valence-corrected chi connectivity index (χ3v) is 5.51. The molecule has 1 saturated carbocycles. The first kappa shape index (κ1) is 16.0. The smallest absolute Gasteiger partial charge is 0.251 e. The van der Waals surface area contributed by atoms with E-state index in [2.05, 4.69) is 11.6 Å². The Morgan fingerprint density at radius 1 is 1.43 bits per heavy atom. The van der Waals surface area contributed by atoms with Crippen molar-refractivity contribution >= 4 is 23.4 Å². The molecule has 1 aromatic rings.